The van der Waals surface area contributed by atoms with Crippen molar-refractivity contribution in [2.75, 3.05) is 18.1 Å². The van der Waals surface area contributed by atoms with Crippen molar-refractivity contribution in [1.29, 1.82) is 0 Å². The summed E-state index contributed by atoms with van der Waals surface area (Å²) in [6, 6.07) is 14.1. The molecule has 1 heterocycles. The number of ether oxygens (including phenoxy) is 1. The summed E-state index contributed by atoms with van der Waals surface area (Å²) in [6.07, 6.45) is 1.54. The first-order valence-electron chi connectivity index (χ1n) is 8.37. The Balaban J connectivity index is 2.02. The normalized spacial score (nSPS) is 16.8. The van der Waals surface area contributed by atoms with Crippen LogP contribution in [-0.2, 0) is 14.8 Å². The summed E-state index contributed by atoms with van der Waals surface area (Å²) in [7, 11) is -1.87. The summed E-state index contributed by atoms with van der Waals surface area (Å²) in [5, 5.41) is 5.90. The van der Waals surface area contributed by atoms with Gasteiger partial charge in [-0.25, -0.2) is 13.4 Å². The molecule has 3 rings (SSSR count). The molecule has 1 atom stereocenters. The van der Waals surface area contributed by atoms with Crippen LogP contribution in [0.1, 0.15) is 30.5 Å². The zero-order valence-corrected chi connectivity index (χ0v) is 16.2. The van der Waals surface area contributed by atoms with E-state index in [0.717, 1.165) is 11.8 Å². The molecule has 1 aliphatic rings. The molecule has 1 aliphatic heterocycles. The highest BCUT2D eigenvalue weighted by Crippen LogP contribution is 2.38. The van der Waals surface area contributed by atoms with Gasteiger partial charge in [-0.2, -0.15) is 5.10 Å². The van der Waals surface area contributed by atoms with E-state index in [-0.39, 0.29) is 5.91 Å². The largest absolute Gasteiger partial charge is 0.496 e. The lowest BCUT2D eigenvalue weighted by Gasteiger charge is -2.23. The van der Waals surface area contributed by atoms with Crippen LogP contribution >= 0.6 is 0 Å². The lowest BCUT2D eigenvalue weighted by atomic mass is 9.97. The van der Waals surface area contributed by atoms with Crippen LogP contribution in [0, 0.1) is 0 Å². The fourth-order valence-electron chi connectivity index (χ4n) is 3.17. The van der Waals surface area contributed by atoms with Gasteiger partial charge < -0.3 is 4.74 Å². The van der Waals surface area contributed by atoms with Crippen LogP contribution in [0.4, 0.5) is 5.69 Å². The molecular weight excluding hydrogens is 366 g/mol. The van der Waals surface area contributed by atoms with Crippen LogP contribution in [0.2, 0.25) is 0 Å². The Hall–Kier alpha value is -2.87. The van der Waals surface area contributed by atoms with Crippen LogP contribution in [0.25, 0.3) is 0 Å². The highest BCUT2D eigenvalue weighted by Gasteiger charge is 2.34. The summed E-state index contributed by atoms with van der Waals surface area (Å²) < 4.78 is 31.4. The van der Waals surface area contributed by atoms with Crippen LogP contribution in [0.3, 0.4) is 0 Å². The van der Waals surface area contributed by atoms with E-state index < -0.39 is 16.1 Å². The number of methoxy groups -OCH3 is 1. The molecule has 0 saturated heterocycles. The molecule has 0 aliphatic carbocycles. The van der Waals surface area contributed by atoms with Gasteiger partial charge in [0.05, 0.1) is 30.8 Å². The number of carbonyl (C=O) groups excluding carboxylic acids is 1. The third-order valence-electron chi connectivity index (χ3n) is 4.27. The fourth-order valence-corrected chi connectivity index (χ4v) is 3.75. The van der Waals surface area contributed by atoms with Gasteiger partial charge in [-0.15, -0.1) is 0 Å². The average Bonchev–Trinajstić information content (AvgIpc) is 3.06. The highest BCUT2D eigenvalue weighted by atomic mass is 32.2. The molecule has 27 heavy (non-hydrogen) atoms. The van der Waals surface area contributed by atoms with Crippen molar-refractivity contribution in [2.24, 2.45) is 5.10 Å². The number of anilines is 1. The average molecular weight is 387 g/mol. The number of hydrogen-bond donors (Lipinski definition) is 1. The number of hydrazone groups is 1. The minimum Gasteiger partial charge on any atom is -0.496 e. The Labute approximate surface area is 158 Å². The summed E-state index contributed by atoms with van der Waals surface area (Å²) in [4.78, 5) is 12.2. The Kier molecular flexibility index (Phi) is 5.18. The van der Waals surface area contributed by atoms with E-state index in [1.807, 2.05) is 30.3 Å². The van der Waals surface area contributed by atoms with E-state index in [4.69, 9.17) is 4.74 Å². The van der Waals surface area contributed by atoms with Crippen molar-refractivity contribution in [2.45, 2.75) is 19.4 Å². The second-order valence-corrected chi connectivity index (χ2v) is 8.04. The zero-order valence-electron chi connectivity index (χ0n) is 15.3. The molecule has 0 radical (unpaired) electrons. The second kappa shape index (κ2) is 7.40. The molecule has 142 valence electrons. The van der Waals surface area contributed by atoms with E-state index in [1.54, 1.807) is 25.3 Å². The number of sulfonamides is 1. The topological polar surface area (TPSA) is 88.1 Å². The monoisotopic (exact) mass is 387 g/mol. The van der Waals surface area contributed by atoms with Crippen LogP contribution in [-0.4, -0.2) is 38.4 Å². The molecule has 0 spiro atoms. The smallest absolute Gasteiger partial charge is 0.240 e. The Morgan fingerprint density at radius 2 is 1.85 bits per heavy atom. The first-order chi connectivity index (χ1) is 12.8. The Morgan fingerprint density at radius 1 is 1.19 bits per heavy atom. The van der Waals surface area contributed by atoms with E-state index in [2.05, 4.69) is 9.82 Å². The maximum absolute atomic E-state index is 12.2. The van der Waals surface area contributed by atoms with Crippen LogP contribution in [0.5, 0.6) is 5.75 Å². The maximum Gasteiger partial charge on any atom is 0.240 e. The van der Waals surface area contributed by atoms with Gasteiger partial charge in [-0.1, -0.05) is 30.3 Å². The molecule has 1 amide bonds. The van der Waals surface area contributed by atoms with Crippen molar-refractivity contribution in [3.05, 3.63) is 59.7 Å². The SMILES string of the molecule is COc1ccccc1C1=NN(C(C)=O)[C@@H](c2ccccc2NS(C)(=O)=O)C1. The van der Waals surface area contributed by atoms with Gasteiger partial charge in [0.25, 0.3) is 0 Å². The van der Waals surface area contributed by atoms with Crippen molar-refractivity contribution in [3.8, 4) is 5.75 Å². The number of hydrogen-bond acceptors (Lipinski definition) is 5. The number of benzene rings is 2. The van der Waals surface area contributed by atoms with Gasteiger partial charge in [0.15, 0.2) is 0 Å². The molecule has 2 aromatic rings. The highest BCUT2D eigenvalue weighted by molar-refractivity contribution is 7.92. The zero-order chi connectivity index (χ0) is 19.6. The molecular formula is C19H21N3O4S. The molecule has 0 saturated carbocycles. The number of amides is 1. The predicted octanol–water partition coefficient (Wildman–Crippen LogP) is 2.76. The molecule has 8 heteroatoms. The minimum absolute atomic E-state index is 0.223. The molecule has 0 aromatic heterocycles. The van der Waals surface area contributed by atoms with Crippen LogP contribution in [0.15, 0.2) is 53.6 Å². The van der Waals surface area contributed by atoms with Gasteiger partial charge in [0, 0.05) is 24.5 Å². The van der Waals surface area contributed by atoms with E-state index in [1.165, 1.54) is 11.9 Å². The fraction of sp³-hybridized carbons (Fsp3) is 0.263. The summed E-state index contributed by atoms with van der Waals surface area (Å²) in [5.74, 6) is 0.446. The van der Waals surface area contributed by atoms with Crippen molar-refractivity contribution in [3.63, 3.8) is 0 Å². The first-order valence-corrected chi connectivity index (χ1v) is 10.3. The Bertz CT molecular complexity index is 1000. The van der Waals surface area contributed by atoms with Gasteiger partial charge in [0.1, 0.15) is 5.75 Å². The van der Waals surface area contributed by atoms with Crippen molar-refractivity contribution in [1.82, 2.24) is 5.01 Å². The quantitative estimate of drug-likeness (QED) is 0.854. The van der Waals surface area contributed by atoms with Crippen molar-refractivity contribution < 1.29 is 17.9 Å². The second-order valence-electron chi connectivity index (χ2n) is 6.29. The van der Waals surface area contributed by atoms with Crippen molar-refractivity contribution >= 4 is 27.3 Å². The van der Waals surface area contributed by atoms with E-state index in [0.29, 0.717) is 29.1 Å². The third-order valence-corrected chi connectivity index (χ3v) is 4.86. The number of nitrogens with one attached hydrogen (secondary N) is 1. The first kappa shape index (κ1) is 18.9. The number of rotatable bonds is 5. The summed E-state index contributed by atoms with van der Waals surface area (Å²) in [6.45, 7) is 1.44. The predicted molar refractivity (Wildman–Crippen MR) is 104 cm³/mol. The van der Waals surface area contributed by atoms with E-state index in [9.17, 15) is 13.2 Å². The van der Waals surface area contributed by atoms with Gasteiger partial charge >= 0.3 is 0 Å². The Morgan fingerprint density at radius 3 is 2.52 bits per heavy atom. The van der Waals surface area contributed by atoms with Crippen LogP contribution < -0.4 is 9.46 Å². The molecule has 7 nitrogen and oxygen atoms in total. The number of carbonyl (C=O) groups is 1. The minimum atomic E-state index is -3.45. The van der Waals surface area contributed by atoms with E-state index >= 15 is 0 Å². The maximum atomic E-state index is 12.2. The molecule has 0 unspecified atom stereocenters. The van der Waals surface area contributed by atoms with Gasteiger partial charge in [-0.05, 0) is 18.2 Å². The number of nitrogens with zero attached hydrogens (tertiary/aromatic N) is 2. The third kappa shape index (κ3) is 4.11. The lowest BCUT2D eigenvalue weighted by Crippen LogP contribution is -2.25. The summed E-state index contributed by atoms with van der Waals surface area (Å²) in [5.41, 5.74) is 2.64. The molecule has 1 N–H and O–H groups in total. The number of para-hydroxylation sites is 2. The molecule has 2 aromatic carbocycles. The lowest BCUT2D eigenvalue weighted by molar-refractivity contribution is -0.130. The standard InChI is InChI=1S/C19H21N3O4S/c1-13(23)22-18(14-8-4-6-10-16(14)21-27(3,24)25)12-17(20-22)15-9-5-7-11-19(15)26-2/h4-11,18,21H,12H2,1-3H3/t18-/m1/s1. The van der Waals surface area contributed by atoms with Gasteiger partial charge in [0.2, 0.25) is 15.9 Å². The summed E-state index contributed by atoms with van der Waals surface area (Å²) >= 11 is 0. The van der Waals surface area contributed by atoms with Gasteiger partial charge in [-0.3, -0.25) is 9.52 Å². The molecule has 0 bridgehead atoms. The molecule has 0 fully saturated rings.